The van der Waals surface area contributed by atoms with Gasteiger partial charge in [-0.2, -0.15) is 18.4 Å². The summed E-state index contributed by atoms with van der Waals surface area (Å²) in [7, 11) is 0. The third kappa shape index (κ3) is 3.19. The van der Waals surface area contributed by atoms with Gasteiger partial charge in [0.25, 0.3) is 0 Å². The molecule has 6 rings (SSSR count). The van der Waals surface area contributed by atoms with E-state index in [1.54, 1.807) is 6.07 Å². The van der Waals surface area contributed by atoms with Crippen LogP contribution < -0.4 is 4.90 Å². The van der Waals surface area contributed by atoms with Gasteiger partial charge in [-0.25, -0.2) is 0 Å². The van der Waals surface area contributed by atoms with E-state index in [0.717, 1.165) is 17.7 Å². The van der Waals surface area contributed by atoms with Gasteiger partial charge in [0.1, 0.15) is 18.4 Å². The maximum atomic E-state index is 13.7. The van der Waals surface area contributed by atoms with E-state index in [4.69, 9.17) is 19.6 Å². The zero-order valence-corrected chi connectivity index (χ0v) is 19.3. The maximum Gasteiger partial charge on any atom is 0.417 e. The Balaban J connectivity index is 1.35. The summed E-state index contributed by atoms with van der Waals surface area (Å²) >= 11 is 0. The normalized spacial score (nSPS) is 33.6. The number of fused-ring (bicyclic) bond motifs is 2. The molecule has 10 heteroatoms. The van der Waals surface area contributed by atoms with Gasteiger partial charge in [0.15, 0.2) is 0 Å². The number of carbonyl (C=O) groups excluding carboxylic acids is 1. The molecule has 5 atom stereocenters. The van der Waals surface area contributed by atoms with Crippen LogP contribution in [-0.2, 0) is 31.9 Å². The van der Waals surface area contributed by atoms with Crippen molar-refractivity contribution in [1.82, 2.24) is 0 Å². The van der Waals surface area contributed by atoms with Crippen molar-refractivity contribution in [3.63, 3.8) is 0 Å². The molecule has 2 bridgehead atoms. The molecule has 1 spiro atoms. The van der Waals surface area contributed by atoms with E-state index in [2.05, 4.69) is 5.16 Å². The Labute approximate surface area is 205 Å². The van der Waals surface area contributed by atoms with Gasteiger partial charge in [-0.15, -0.1) is 0 Å². The lowest BCUT2D eigenvalue weighted by Crippen LogP contribution is -2.55. The van der Waals surface area contributed by atoms with Crippen molar-refractivity contribution < 1.29 is 32.3 Å². The zero-order valence-electron chi connectivity index (χ0n) is 19.3. The number of oxime groups is 1. The first-order valence-corrected chi connectivity index (χ1v) is 11.7. The van der Waals surface area contributed by atoms with Gasteiger partial charge < -0.3 is 14.3 Å². The second kappa shape index (κ2) is 7.79. The fraction of sp³-hybridized carbons (Fsp3) is 0.423. The summed E-state index contributed by atoms with van der Waals surface area (Å²) in [5, 5.41) is 13.6. The van der Waals surface area contributed by atoms with Crippen molar-refractivity contribution in [2.45, 2.75) is 50.0 Å². The molecule has 36 heavy (non-hydrogen) atoms. The SMILES string of the molecule is C[C@@]12C/C(=N\OCc3ccccc3)[C@]3(CCO[C@H]4[C@@H]3[C@@H]1C(=O)N4c1ccc(C#N)c(C(F)(F)F)c1)O2. The van der Waals surface area contributed by atoms with Crippen molar-refractivity contribution >= 4 is 17.3 Å². The number of nitrogens with zero attached hydrogens (tertiary/aromatic N) is 3. The molecule has 0 saturated carbocycles. The Morgan fingerprint density at radius 1 is 1.25 bits per heavy atom. The lowest BCUT2D eigenvalue weighted by Gasteiger charge is -2.41. The fourth-order valence-electron chi connectivity index (χ4n) is 6.35. The topological polar surface area (TPSA) is 84.2 Å². The summed E-state index contributed by atoms with van der Waals surface area (Å²) in [5.74, 6) is -1.39. The molecule has 4 heterocycles. The van der Waals surface area contributed by atoms with Crippen LogP contribution in [0.15, 0.2) is 53.7 Å². The highest BCUT2D eigenvalue weighted by Crippen LogP contribution is 2.64. The van der Waals surface area contributed by atoms with Crippen LogP contribution in [0.1, 0.15) is 36.5 Å². The van der Waals surface area contributed by atoms with Crippen molar-refractivity contribution in [3.05, 3.63) is 65.2 Å². The number of alkyl halides is 3. The second-order valence-electron chi connectivity index (χ2n) is 9.84. The van der Waals surface area contributed by atoms with E-state index in [1.807, 2.05) is 37.3 Å². The summed E-state index contributed by atoms with van der Waals surface area (Å²) in [5.41, 5.74) is -1.65. The van der Waals surface area contributed by atoms with Crippen molar-refractivity contribution in [3.8, 4) is 6.07 Å². The van der Waals surface area contributed by atoms with Gasteiger partial charge in [-0.3, -0.25) is 9.69 Å². The molecule has 2 aromatic carbocycles. The molecule has 0 unspecified atom stereocenters. The maximum absolute atomic E-state index is 13.7. The van der Waals surface area contributed by atoms with Crippen LogP contribution in [0.5, 0.6) is 0 Å². The van der Waals surface area contributed by atoms with Crippen LogP contribution in [-0.4, -0.2) is 35.7 Å². The smallest absolute Gasteiger partial charge is 0.391 e. The number of rotatable bonds is 4. The molecule has 0 radical (unpaired) electrons. The lowest BCUT2D eigenvalue weighted by atomic mass is 9.65. The van der Waals surface area contributed by atoms with Crippen LogP contribution in [0.3, 0.4) is 0 Å². The molecule has 4 fully saturated rings. The van der Waals surface area contributed by atoms with Gasteiger partial charge >= 0.3 is 6.18 Å². The Bertz CT molecular complexity index is 1310. The largest absolute Gasteiger partial charge is 0.417 e. The second-order valence-corrected chi connectivity index (χ2v) is 9.84. The molecule has 7 nitrogen and oxygen atoms in total. The molecule has 2 aromatic rings. The van der Waals surface area contributed by atoms with E-state index in [1.165, 1.54) is 11.0 Å². The standard InChI is InChI=1S/C26H22F3N3O4/c1-24-12-19(31-35-14-15-5-3-2-4-6-15)25(36-24)9-10-34-23-21(25)20(24)22(33)32(23)17-8-7-16(13-30)18(11-17)26(27,28)29/h2-8,11,20-21,23H,9-10,12,14H2,1H3/b31-19+/t20-,21+,23+,24-,25+/m1/s1. The molecular weight excluding hydrogens is 475 g/mol. The molecule has 0 N–H and O–H groups in total. The number of benzene rings is 2. The van der Waals surface area contributed by atoms with Gasteiger partial charge in [0, 0.05) is 18.5 Å². The third-order valence-electron chi connectivity index (χ3n) is 7.76. The van der Waals surface area contributed by atoms with Gasteiger partial charge in [0.2, 0.25) is 5.91 Å². The predicted molar refractivity (Wildman–Crippen MR) is 120 cm³/mol. The number of hydrogen-bond acceptors (Lipinski definition) is 6. The summed E-state index contributed by atoms with van der Waals surface area (Å²) in [6.45, 7) is 2.37. The molecule has 0 aliphatic carbocycles. The van der Waals surface area contributed by atoms with Crippen molar-refractivity contribution in [2.75, 3.05) is 11.5 Å². The first kappa shape index (κ1) is 23.0. The monoisotopic (exact) mass is 497 g/mol. The van der Waals surface area contributed by atoms with Gasteiger partial charge in [-0.1, -0.05) is 35.5 Å². The number of anilines is 1. The lowest BCUT2D eigenvalue weighted by molar-refractivity contribution is -0.138. The minimum atomic E-state index is -4.74. The number of halogens is 3. The average molecular weight is 497 g/mol. The predicted octanol–water partition coefficient (Wildman–Crippen LogP) is 4.41. The molecule has 1 amide bonds. The zero-order chi connectivity index (χ0) is 25.3. The number of amides is 1. The van der Waals surface area contributed by atoms with Crippen molar-refractivity contribution in [1.29, 1.82) is 5.26 Å². The van der Waals surface area contributed by atoms with E-state index < -0.39 is 46.6 Å². The number of ether oxygens (including phenoxy) is 2. The van der Waals surface area contributed by atoms with E-state index in [9.17, 15) is 18.0 Å². The molecule has 4 aliphatic rings. The highest BCUT2D eigenvalue weighted by Gasteiger charge is 2.77. The molecule has 186 valence electrons. The summed E-state index contributed by atoms with van der Waals surface area (Å²) < 4.78 is 53.4. The molecule has 4 saturated heterocycles. The Hall–Kier alpha value is -3.42. The number of carbonyl (C=O) groups is 1. The first-order valence-electron chi connectivity index (χ1n) is 11.7. The van der Waals surface area contributed by atoms with Crippen LogP contribution >= 0.6 is 0 Å². The Kier molecular flexibility index (Phi) is 4.98. The van der Waals surface area contributed by atoms with Crippen molar-refractivity contribution in [2.24, 2.45) is 17.0 Å². The van der Waals surface area contributed by atoms with E-state index >= 15 is 0 Å². The van der Waals surface area contributed by atoms with E-state index in [0.29, 0.717) is 18.6 Å². The summed E-state index contributed by atoms with van der Waals surface area (Å²) in [6, 6.07) is 14.5. The third-order valence-corrected chi connectivity index (χ3v) is 7.76. The highest BCUT2D eigenvalue weighted by molar-refractivity contribution is 6.06. The fourth-order valence-corrected chi connectivity index (χ4v) is 6.35. The van der Waals surface area contributed by atoms with Gasteiger partial charge in [0.05, 0.1) is 47.0 Å². The summed E-state index contributed by atoms with van der Waals surface area (Å²) in [4.78, 5) is 20.7. The van der Waals surface area contributed by atoms with Crippen LogP contribution in [0.25, 0.3) is 0 Å². The molecule has 4 aliphatic heterocycles. The van der Waals surface area contributed by atoms with Crippen LogP contribution in [0.2, 0.25) is 0 Å². The minimum Gasteiger partial charge on any atom is -0.391 e. The number of hydrogen-bond donors (Lipinski definition) is 0. The molecule has 0 aromatic heterocycles. The minimum absolute atomic E-state index is 0.0459. The van der Waals surface area contributed by atoms with Crippen LogP contribution in [0, 0.1) is 23.2 Å². The van der Waals surface area contributed by atoms with Crippen LogP contribution in [0.4, 0.5) is 18.9 Å². The molecular formula is C26H22F3N3O4. The first-order chi connectivity index (χ1) is 17.2. The highest BCUT2D eigenvalue weighted by atomic mass is 19.4. The Morgan fingerprint density at radius 3 is 2.75 bits per heavy atom. The summed E-state index contributed by atoms with van der Waals surface area (Å²) in [6.07, 6.45) is -4.70. The van der Waals surface area contributed by atoms with Gasteiger partial charge in [-0.05, 0) is 30.7 Å². The number of nitriles is 1. The Morgan fingerprint density at radius 2 is 2.03 bits per heavy atom. The average Bonchev–Trinajstić information content (AvgIpc) is 3.42. The quantitative estimate of drug-likeness (QED) is 0.585. The van der Waals surface area contributed by atoms with E-state index in [-0.39, 0.29) is 24.8 Å².